The lowest BCUT2D eigenvalue weighted by molar-refractivity contribution is 0.132. The third-order valence-corrected chi connectivity index (χ3v) is 3.44. The topological polar surface area (TPSA) is 87.4 Å². The maximum Gasteiger partial charge on any atom is 0.283 e. The van der Waals surface area contributed by atoms with Crippen molar-refractivity contribution in [3.05, 3.63) is 21.0 Å². The highest BCUT2D eigenvalue weighted by Crippen LogP contribution is 2.22. The van der Waals surface area contributed by atoms with Crippen molar-refractivity contribution >= 4 is 21.6 Å². The van der Waals surface area contributed by atoms with Crippen LogP contribution in [-0.2, 0) is 6.54 Å². The van der Waals surface area contributed by atoms with Gasteiger partial charge in [0, 0.05) is 6.54 Å². The van der Waals surface area contributed by atoms with E-state index in [1.165, 1.54) is 10.9 Å². The molecule has 0 aromatic carbocycles. The molecule has 0 saturated carbocycles. The Bertz CT molecular complexity index is 497. The molecule has 0 aliphatic rings. The molecule has 1 atom stereocenters. The molecule has 1 rings (SSSR count). The third-order valence-electron chi connectivity index (χ3n) is 2.67. The summed E-state index contributed by atoms with van der Waals surface area (Å²) in [4.78, 5) is 11.9. The maximum absolute atomic E-state index is 11.9. The van der Waals surface area contributed by atoms with E-state index < -0.39 is 6.10 Å². The summed E-state index contributed by atoms with van der Waals surface area (Å²) >= 11 is 3.21. The fourth-order valence-electron chi connectivity index (χ4n) is 1.85. The number of aliphatic hydroxyl groups excluding tert-OH is 2. The molecule has 3 N–H and O–H groups in total. The van der Waals surface area contributed by atoms with Gasteiger partial charge in [0.1, 0.15) is 4.47 Å². The SMILES string of the molecule is CC(C)(C)CC(O)CNc1cnn(CCO)c(=O)c1Br. The highest BCUT2D eigenvalue weighted by atomic mass is 79.9. The van der Waals surface area contributed by atoms with Gasteiger partial charge in [0.25, 0.3) is 5.56 Å². The number of hydrogen-bond acceptors (Lipinski definition) is 5. The Morgan fingerprint density at radius 3 is 2.70 bits per heavy atom. The highest BCUT2D eigenvalue weighted by molar-refractivity contribution is 9.10. The van der Waals surface area contributed by atoms with Gasteiger partial charge in [-0.3, -0.25) is 4.79 Å². The van der Waals surface area contributed by atoms with Crippen molar-refractivity contribution in [2.24, 2.45) is 5.41 Å². The van der Waals surface area contributed by atoms with Crippen LogP contribution < -0.4 is 10.9 Å². The van der Waals surface area contributed by atoms with Crippen LogP contribution in [0.2, 0.25) is 0 Å². The molecule has 1 heterocycles. The van der Waals surface area contributed by atoms with Crippen LogP contribution in [-0.4, -0.2) is 39.2 Å². The molecule has 0 amide bonds. The van der Waals surface area contributed by atoms with Crippen LogP contribution in [0, 0.1) is 5.41 Å². The number of hydrogen-bond donors (Lipinski definition) is 3. The van der Waals surface area contributed by atoms with Gasteiger partial charge in [0.05, 0.1) is 31.1 Å². The van der Waals surface area contributed by atoms with Crippen molar-refractivity contribution in [3.63, 3.8) is 0 Å². The molecule has 114 valence electrons. The number of aromatic nitrogens is 2. The van der Waals surface area contributed by atoms with Gasteiger partial charge >= 0.3 is 0 Å². The first-order valence-electron chi connectivity index (χ1n) is 6.53. The lowest BCUT2D eigenvalue weighted by Crippen LogP contribution is -2.28. The van der Waals surface area contributed by atoms with Crippen LogP contribution in [0.15, 0.2) is 15.5 Å². The normalized spacial score (nSPS) is 13.3. The zero-order valence-corrected chi connectivity index (χ0v) is 13.6. The quantitative estimate of drug-likeness (QED) is 0.719. The summed E-state index contributed by atoms with van der Waals surface area (Å²) in [7, 11) is 0. The third kappa shape index (κ3) is 5.22. The van der Waals surface area contributed by atoms with Crippen LogP contribution in [0.4, 0.5) is 5.69 Å². The Morgan fingerprint density at radius 1 is 1.50 bits per heavy atom. The summed E-state index contributed by atoms with van der Waals surface area (Å²) in [6.45, 7) is 6.54. The highest BCUT2D eigenvalue weighted by Gasteiger charge is 2.17. The number of aliphatic hydroxyl groups is 2. The molecular weight excluding hydrogens is 326 g/mol. The number of nitrogens with one attached hydrogen (secondary N) is 1. The number of nitrogens with zero attached hydrogens (tertiary/aromatic N) is 2. The molecule has 0 aliphatic carbocycles. The van der Waals surface area contributed by atoms with Gasteiger partial charge in [-0.1, -0.05) is 20.8 Å². The Balaban J connectivity index is 2.70. The Morgan fingerprint density at radius 2 is 2.15 bits per heavy atom. The van der Waals surface area contributed by atoms with Crippen molar-refractivity contribution in [2.75, 3.05) is 18.5 Å². The summed E-state index contributed by atoms with van der Waals surface area (Å²) in [6, 6.07) is 0. The molecule has 0 saturated heterocycles. The smallest absolute Gasteiger partial charge is 0.283 e. The van der Waals surface area contributed by atoms with Crippen LogP contribution in [0.5, 0.6) is 0 Å². The molecule has 1 aromatic rings. The average Bonchev–Trinajstić information content (AvgIpc) is 2.32. The molecule has 1 aromatic heterocycles. The Labute approximate surface area is 127 Å². The molecule has 0 bridgehead atoms. The predicted octanol–water partition coefficient (Wildman–Crippen LogP) is 1.21. The summed E-state index contributed by atoms with van der Waals surface area (Å²) in [5, 5.41) is 25.7. The molecule has 0 aliphatic heterocycles. The van der Waals surface area contributed by atoms with Gasteiger partial charge in [-0.25, -0.2) is 4.68 Å². The average molecular weight is 348 g/mol. The Kier molecular flexibility index (Phi) is 6.16. The van der Waals surface area contributed by atoms with E-state index in [0.717, 1.165) is 0 Å². The van der Waals surface area contributed by atoms with Crippen molar-refractivity contribution < 1.29 is 10.2 Å². The Hall–Kier alpha value is -0.920. The molecule has 1 unspecified atom stereocenters. The fourth-order valence-corrected chi connectivity index (χ4v) is 2.30. The first-order valence-corrected chi connectivity index (χ1v) is 7.32. The minimum Gasteiger partial charge on any atom is -0.394 e. The lowest BCUT2D eigenvalue weighted by Gasteiger charge is -2.23. The van der Waals surface area contributed by atoms with Gasteiger partial charge in [-0.05, 0) is 27.8 Å². The molecule has 0 spiro atoms. The van der Waals surface area contributed by atoms with Crippen LogP contribution in [0.1, 0.15) is 27.2 Å². The van der Waals surface area contributed by atoms with E-state index in [4.69, 9.17) is 5.11 Å². The van der Waals surface area contributed by atoms with E-state index in [-0.39, 0.29) is 24.1 Å². The van der Waals surface area contributed by atoms with Crippen molar-refractivity contribution in [3.8, 4) is 0 Å². The van der Waals surface area contributed by atoms with E-state index in [1.54, 1.807) is 0 Å². The van der Waals surface area contributed by atoms with E-state index in [2.05, 4.69) is 47.1 Å². The van der Waals surface area contributed by atoms with Gasteiger partial charge in [-0.2, -0.15) is 5.10 Å². The molecule has 0 fully saturated rings. The summed E-state index contributed by atoms with van der Waals surface area (Å²) in [6.07, 6.45) is 1.67. The van der Waals surface area contributed by atoms with E-state index in [9.17, 15) is 9.90 Å². The van der Waals surface area contributed by atoms with Gasteiger partial charge in [0.2, 0.25) is 0 Å². The molecular formula is C13H22BrN3O3. The maximum atomic E-state index is 11.9. The second-order valence-corrected chi connectivity index (χ2v) is 6.72. The minimum absolute atomic E-state index is 0.0428. The monoisotopic (exact) mass is 347 g/mol. The van der Waals surface area contributed by atoms with Gasteiger partial charge < -0.3 is 15.5 Å². The molecule has 20 heavy (non-hydrogen) atoms. The predicted molar refractivity (Wildman–Crippen MR) is 81.9 cm³/mol. The van der Waals surface area contributed by atoms with E-state index >= 15 is 0 Å². The van der Waals surface area contributed by atoms with Crippen molar-refractivity contribution in [1.29, 1.82) is 0 Å². The van der Waals surface area contributed by atoms with Gasteiger partial charge in [-0.15, -0.1) is 0 Å². The largest absolute Gasteiger partial charge is 0.394 e. The van der Waals surface area contributed by atoms with Crippen molar-refractivity contribution in [2.45, 2.75) is 39.8 Å². The number of anilines is 1. The molecule has 6 nitrogen and oxygen atoms in total. The standard InChI is InChI=1S/C13H22BrN3O3/c1-13(2,3)6-9(19)7-15-10-8-16-17(4-5-18)12(20)11(10)14/h8-9,15,18-19H,4-7H2,1-3H3. The second kappa shape index (κ2) is 7.19. The first kappa shape index (κ1) is 17.1. The lowest BCUT2D eigenvalue weighted by atomic mass is 9.89. The van der Waals surface area contributed by atoms with Crippen LogP contribution >= 0.6 is 15.9 Å². The minimum atomic E-state index is -0.498. The van der Waals surface area contributed by atoms with Crippen LogP contribution in [0.25, 0.3) is 0 Å². The van der Waals surface area contributed by atoms with Crippen LogP contribution in [0.3, 0.4) is 0 Å². The van der Waals surface area contributed by atoms with Crippen molar-refractivity contribution in [1.82, 2.24) is 9.78 Å². The molecule has 7 heteroatoms. The fraction of sp³-hybridized carbons (Fsp3) is 0.692. The molecule has 0 radical (unpaired) electrons. The summed E-state index contributed by atoms with van der Waals surface area (Å²) in [5.74, 6) is 0. The summed E-state index contributed by atoms with van der Waals surface area (Å²) in [5.41, 5.74) is 0.271. The van der Waals surface area contributed by atoms with Gasteiger partial charge in [0.15, 0.2) is 0 Å². The zero-order chi connectivity index (χ0) is 15.3. The second-order valence-electron chi connectivity index (χ2n) is 5.92. The van der Waals surface area contributed by atoms with E-state index in [1.807, 2.05) is 0 Å². The summed E-state index contributed by atoms with van der Waals surface area (Å²) < 4.78 is 1.53. The zero-order valence-electron chi connectivity index (χ0n) is 12.1. The number of rotatable bonds is 6. The van der Waals surface area contributed by atoms with E-state index in [0.29, 0.717) is 23.1 Å². The first-order chi connectivity index (χ1) is 9.24. The number of halogens is 1.